The van der Waals surface area contributed by atoms with Gasteiger partial charge in [-0.2, -0.15) is 0 Å². The van der Waals surface area contributed by atoms with E-state index in [4.69, 9.17) is 0 Å². The lowest BCUT2D eigenvalue weighted by molar-refractivity contribution is 0.0971. The first-order chi connectivity index (χ1) is 7.74. The van der Waals surface area contributed by atoms with Crippen molar-refractivity contribution >= 4 is 5.78 Å². The van der Waals surface area contributed by atoms with Gasteiger partial charge >= 0.3 is 0 Å². The summed E-state index contributed by atoms with van der Waals surface area (Å²) < 4.78 is 2.32. The smallest absolute Gasteiger partial charge is 0.164 e. The standard InChI is InChI=1S/C14H21NO/c1-3-4-6-11(2)15-10-9-12-13(15)7-5-8-14(12)16/h9-11H,3-8H2,1-2H3. The molecule has 0 spiro atoms. The molecule has 1 aromatic rings. The highest BCUT2D eigenvalue weighted by Gasteiger charge is 2.21. The average molecular weight is 219 g/mol. The molecule has 16 heavy (non-hydrogen) atoms. The Hall–Kier alpha value is -1.05. The molecule has 0 saturated carbocycles. The highest BCUT2D eigenvalue weighted by Crippen LogP contribution is 2.26. The third kappa shape index (κ3) is 2.06. The summed E-state index contributed by atoms with van der Waals surface area (Å²) in [6.45, 7) is 4.48. The van der Waals surface area contributed by atoms with E-state index in [1.807, 2.05) is 6.07 Å². The van der Waals surface area contributed by atoms with Crippen LogP contribution in [0.2, 0.25) is 0 Å². The zero-order valence-electron chi connectivity index (χ0n) is 10.3. The quantitative estimate of drug-likeness (QED) is 0.755. The lowest BCUT2D eigenvalue weighted by Crippen LogP contribution is -2.15. The van der Waals surface area contributed by atoms with Gasteiger partial charge in [0.1, 0.15) is 0 Å². The average Bonchev–Trinajstić information content (AvgIpc) is 2.71. The number of fused-ring (bicyclic) bond motifs is 1. The van der Waals surface area contributed by atoms with Gasteiger partial charge in [0.2, 0.25) is 0 Å². The van der Waals surface area contributed by atoms with E-state index < -0.39 is 0 Å². The van der Waals surface area contributed by atoms with Crippen LogP contribution in [0.1, 0.15) is 68.0 Å². The third-order valence-corrected chi connectivity index (χ3v) is 3.59. The molecule has 0 saturated heterocycles. The minimum absolute atomic E-state index is 0.336. The van der Waals surface area contributed by atoms with Gasteiger partial charge < -0.3 is 4.57 Å². The van der Waals surface area contributed by atoms with Gasteiger partial charge in [0.15, 0.2) is 5.78 Å². The van der Waals surface area contributed by atoms with Crippen molar-refractivity contribution in [1.82, 2.24) is 4.57 Å². The molecule has 2 heteroatoms. The van der Waals surface area contributed by atoms with Crippen molar-refractivity contribution in [3.63, 3.8) is 0 Å². The number of carbonyl (C=O) groups excluding carboxylic acids is 1. The second-order valence-electron chi connectivity index (χ2n) is 4.85. The van der Waals surface area contributed by atoms with Crippen molar-refractivity contribution in [1.29, 1.82) is 0 Å². The zero-order chi connectivity index (χ0) is 11.5. The molecule has 88 valence electrons. The molecule has 0 aliphatic heterocycles. The van der Waals surface area contributed by atoms with Crippen LogP contribution in [0.3, 0.4) is 0 Å². The number of aromatic nitrogens is 1. The maximum atomic E-state index is 11.7. The molecule has 1 aliphatic rings. The Labute approximate surface area is 97.7 Å². The summed E-state index contributed by atoms with van der Waals surface area (Å²) >= 11 is 0. The molecule has 1 aliphatic carbocycles. The van der Waals surface area contributed by atoms with Crippen molar-refractivity contribution in [2.45, 2.75) is 58.4 Å². The van der Waals surface area contributed by atoms with Gasteiger partial charge in [0, 0.05) is 29.9 Å². The zero-order valence-corrected chi connectivity index (χ0v) is 10.3. The molecule has 1 unspecified atom stereocenters. The number of carbonyl (C=O) groups is 1. The fourth-order valence-electron chi connectivity index (χ4n) is 2.60. The first-order valence-electron chi connectivity index (χ1n) is 6.47. The van der Waals surface area contributed by atoms with E-state index >= 15 is 0 Å². The second-order valence-corrected chi connectivity index (χ2v) is 4.85. The Bertz CT molecular complexity index is 378. The molecule has 0 amide bonds. The topological polar surface area (TPSA) is 22.0 Å². The molecule has 1 aromatic heterocycles. The Morgan fingerprint density at radius 1 is 1.44 bits per heavy atom. The lowest BCUT2D eigenvalue weighted by Gasteiger charge is -2.20. The van der Waals surface area contributed by atoms with Crippen LogP contribution in [0.15, 0.2) is 12.3 Å². The second kappa shape index (κ2) is 4.86. The molecule has 2 nitrogen and oxygen atoms in total. The molecule has 0 bridgehead atoms. The first kappa shape index (κ1) is 11.4. The molecule has 1 atom stereocenters. The molecule has 0 N–H and O–H groups in total. The maximum Gasteiger partial charge on any atom is 0.164 e. The monoisotopic (exact) mass is 219 g/mol. The van der Waals surface area contributed by atoms with Crippen LogP contribution in [-0.2, 0) is 6.42 Å². The number of unbranched alkanes of at least 4 members (excludes halogenated alkanes) is 1. The molecule has 2 rings (SSSR count). The van der Waals surface area contributed by atoms with Gasteiger partial charge in [-0.05, 0) is 32.3 Å². The van der Waals surface area contributed by atoms with E-state index in [0.717, 1.165) is 24.8 Å². The van der Waals surface area contributed by atoms with Crippen LogP contribution in [0.25, 0.3) is 0 Å². The number of rotatable bonds is 4. The predicted molar refractivity (Wildman–Crippen MR) is 65.9 cm³/mol. The summed E-state index contributed by atoms with van der Waals surface area (Å²) in [6.07, 6.45) is 8.66. The number of Topliss-reactive ketones (excluding diaryl/α,β-unsaturated/α-hetero) is 1. The van der Waals surface area contributed by atoms with Crippen LogP contribution < -0.4 is 0 Å². The summed E-state index contributed by atoms with van der Waals surface area (Å²) in [5.74, 6) is 0.336. The molecule has 0 aromatic carbocycles. The maximum absolute atomic E-state index is 11.7. The van der Waals surface area contributed by atoms with E-state index in [9.17, 15) is 4.79 Å². The minimum atomic E-state index is 0.336. The minimum Gasteiger partial charge on any atom is -0.348 e. The van der Waals surface area contributed by atoms with Gasteiger partial charge in [-0.25, -0.2) is 0 Å². The summed E-state index contributed by atoms with van der Waals surface area (Å²) in [4.78, 5) is 11.7. The summed E-state index contributed by atoms with van der Waals surface area (Å²) in [5, 5.41) is 0. The van der Waals surface area contributed by atoms with E-state index in [1.165, 1.54) is 25.0 Å². The van der Waals surface area contributed by atoms with Crippen LogP contribution in [-0.4, -0.2) is 10.4 Å². The SMILES string of the molecule is CCCCC(C)n1ccc2c1CCCC2=O. The molecular weight excluding hydrogens is 198 g/mol. The van der Waals surface area contributed by atoms with Crippen LogP contribution in [0.4, 0.5) is 0 Å². The number of ketones is 1. The van der Waals surface area contributed by atoms with Crippen LogP contribution in [0.5, 0.6) is 0 Å². The Morgan fingerprint density at radius 2 is 2.25 bits per heavy atom. The fraction of sp³-hybridized carbons (Fsp3) is 0.643. The van der Waals surface area contributed by atoms with E-state index in [-0.39, 0.29) is 0 Å². The van der Waals surface area contributed by atoms with E-state index in [0.29, 0.717) is 11.8 Å². The van der Waals surface area contributed by atoms with Gasteiger partial charge in [-0.15, -0.1) is 0 Å². The predicted octanol–water partition coefficient (Wildman–Crippen LogP) is 3.76. The van der Waals surface area contributed by atoms with Gasteiger partial charge in [-0.3, -0.25) is 4.79 Å². The largest absolute Gasteiger partial charge is 0.348 e. The molecular formula is C14H21NO. The van der Waals surface area contributed by atoms with Gasteiger partial charge in [0.05, 0.1) is 0 Å². The number of hydrogen-bond acceptors (Lipinski definition) is 1. The van der Waals surface area contributed by atoms with Crippen molar-refractivity contribution in [2.24, 2.45) is 0 Å². The summed E-state index contributed by atoms with van der Waals surface area (Å²) in [7, 11) is 0. The highest BCUT2D eigenvalue weighted by molar-refractivity contribution is 5.98. The Kier molecular flexibility index (Phi) is 3.47. The normalized spacial score (nSPS) is 17.2. The third-order valence-electron chi connectivity index (χ3n) is 3.59. The van der Waals surface area contributed by atoms with E-state index in [1.54, 1.807) is 0 Å². The highest BCUT2D eigenvalue weighted by atomic mass is 16.1. The van der Waals surface area contributed by atoms with Crippen molar-refractivity contribution in [2.75, 3.05) is 0 Å². The Balaban J connectivity index is 2.19. The molecule has 1 heterocycles. The van der Waals surface area contributed by atoms with Crippen molar-refractivity contribution in [3.05, 3.63) is 23.5 Å². The van der Waals surface area contributed by atoms with E-state index in [2.05, 4.69) is 24.6 Å². The summed E-state index contributed by atoms with van der Waals surface area (Å²) in [6, 6.07) is 2.55. The van der Waals surface area contributed by atoms with Gasteiger partial charge in [-0.1, -0.05) is 19.8 Å². The number of hydrogen-bond donors (Lipinski definition) is 0. The molecule has 0 fully saturated rings. The lowest BCUT2D eigenvalue weighted by atomic mass is 9.96. The van der Waals surface area contributed by atoms with Crippen molar-refractivity contribution in [3.8, 4) is 0 Å². The molecule has 0 radical (unpaired) electrons. The van der Waals surface area contributed by atoms with Crippen LogP contribution in [0, 0.1) is 0 Å². The van der Waals surface area contributed by atoms with Crippen molar-refractivity contribution < 1.29 is 4.79 Å². The first-order valence-corrected chi connectivity index (χ1v) is 6.47. The fourth-order valence-corrected chi connectivity index (χ4v) is 2.60. The Morgan fingerprint density at radius 3 is 3.00 bits per heavy atom. The number of nitrogens with zero attached hydrogens (tertiary/aromatic N) is 1. The summed E-state index contributed by atoms with van der Waals surface area (Å²) in [5.41, 5.74) is 2.26. The van der Waals surface area contributed by atoms with Crippen LogP contribution >= 0.6 is 0 Å². The van der Waals surface area contributed by atoms with Gasteiger partial charge in [0.25, 0.3) is 0 Å².